The molecule has 0 aliphatic heterocycles. The average Bonchev–Trinajstić information content (AvgIpc) is 1.83. The Bertz CT molecular complexity index is 240. The SMILES string of the molecule is CC[P+]([O-])=C(C)S(=O)(=O)O. The lowest BCUT2D eigenvalue weighted by Crippen LogP contribution is -2.12. The molecule has 0 fully saturated rings. The van der Waals surface area contributed by atoms with E-state index in [2.05, 4.69) is 0 Å². The first-order valence-corrected chi connectivity index (χ1v) is 5.53. The van der Waals surface area contributed by atoms with Gasteiger partial charge in [0.05, 0.1) is 7.77 Å². The lowest BCUT2D eigenvalue weighted by molar-refractivity contribution is -0.152. The van der Waals surface area contributed by atoms with Crippen molar-refractivity contribution in [2.75, 3.05) is 6.16 Å². The highest BCUT2D eigenvalue weighted by Gasteiger charge is 2.16. The fourth-order valence-corrected chi connectivity index (χ4v) is 2.21. The summed E-state index contributed by atoms with van der Waals surface area (Å²) in [4.78, 5) is 10.7. The van der Waals surface area contributed by atoms with Crippen LogP contribution in [0.1, 0.15) is 13.8 Å². The molecule has 0 aromatic rings. The summed E-state index contributed by atoms with van der Waals surface area (Å²) in [7, 11) is -6.08. The van der Waals surface area contributed by atoms with Crippen LogP contribution in [0.3, 0.4) is 0 Å². The van der Waals surface area contributed by atoms with Gasteiger partial charge in [-0.15, -0.1) is 0 Å². The molecule has 0 amide bonds. The molecular formula is C4H9O4PS. The summed E-state index contributed by atoms with van der Waals surface area (Å²) in [6.07, 6.45) is 0.237. The largest absolute Gasteiger partial charge is 0.630 e. The Balaban J connectivity index is 4.84. The molecule has 0 saturated carbocycles. The molecule has 4 nitrogen and oxygen atoms in total. The molecule has 0 aliphatic rings. The highest BCUT2D eigenvalue weighted by molar-refractivity contribution is 8.08. The Labute approximate surface area is 61.1 Å². The number of hydrogen-bond acceptors (Lipinski definition) is 3. The second-order valence-corrected chi connectivity index (χ2v) is 5.61. The van der Waals surface area contributed by atoms with E-state index in [1.807, 2.05) is 0 Å². The summed E-state index contributed by atoms with van der Waals surface area (Å²) in [5, 5.41) is 0. The molecule has 0 radical (unpaired) electrons. The lowest BCUT2D eigenvalue weighted by atomic mass is 11.0. The van der Waals surface area contributed by atoms with Gasteiger partial charge in [-0.2, -0.15) is 8.42 Å². The third-order valence-electron chi connectivity index (χ3n) is 1.01. The van der Waals surface area contributed by atoms with Crippen LogP contribution >= 0.6 is 7.77 Å². The molecule has 1 unspecified atom stereocenters. The fourth-order valence-electron chi connectivity index (χ4n) is 0.351. The Kier molecular flexibility index (Phi) is 3.45. The van der Waals surface area contributed by atoms with Crippen LogP contribution in [0.25, 0.3) is 0 Å². The van der Waals surface area contributed by atoms with Gasteiger partial charge >= 0.3 is 10.1 Å². The minimum Gasteiger partial charge on any atom is -0.630 e. The van der Waals surface area contributed by atoms with Crippen molar-refractivity contribution in [3.05, 3.63) is 0 Å². The zero-order valence-corrected chi connectivity index (χ0v) is 7.45. The molecule has 60 valence electrons. The van der Waals surface area contributed by atoms with Gasteiger partial charge in [0.25, 0.3) is 0 Å². The summed E-state index contributed by atoms with van der Waals surface area (Å²) < 4.78 is 28.5. The number of hydrogen-bond donors (Lipinski definition) is 1. The molecular weight excluding hydrogens is 175 g/mol. The Hall–Kier alpha value is 0.0400. The van der Waals surface area contributed by atoms with E-state index in [1.165, 1.54) is 0 Å². The van der Waals surface area contributed by atoms with Crippen molar-refractivity contribution >= 4 is 22.5 Å². The van der Waals surface area contributed by atoms with Crippen molar-refractivity contribution in [1.29, 1.82) is 0 Å². The minimum absolute atomic E-state index is 0.237. The quantitative estimate of drug-likeness (QED) is 0.476. The molecule has 10 heavy (non-hydrogen) atoms. The second-order valence-electron chi connectivity index (χ2n) is 1.69. The standard InChI is InChI=1S/C4H9O4PS/c1-3-9(5)4(2)10(6,7)8/h3H2,1-2H3,(H,6,7,8). The van der Waals surface area contributed by atoms with Crippen LogP contribution in [0.2, 0.25) is 0 Å². The van der Waals surface area contributed by atoms with Crippen LogP contribution in [-0.2, 0) is 10.1 Å². The van der Waals surface area contributed by atoms with Crippen molar-refractivity contribution in [2.24, 2.45) is 0 Å². The molecule has 0 rings (SSSR count). The van der Waals surface area contributed by atoms with Crippen LogP contribution in [0.15, 0.2) is 0 Å². The van der Waals surface area contributed by atoms with Gasteiger partial charge in [0.15, 0.2) is 0 Å². The molecule has 0 aromatic carbocycles. The molecule has 6 heteroatoms. The average molecular weight is 184 g/mol. The van der Waals surface area contributed by atoms with Crippen LogP contribution < -0.4 is 4.89 Å². The van der Waals surface area contributed by atoms with Gasteiger partial charge in [0.2, 0.25) is 4.63 Å². The zero-order chi connectivity index (χ0) is 8.36. The van der Waals surface area contributed by atoms with Gasteiger partial charge in [-0.1, -0.05) is 0 Å². The molecule has 0 aromatic heterocycles. The Morgan fingerprint density at radius 3 is 2.20 bits per heavy atom. The molecule has 1 N–H and O–H groups in total. The van der Waals surface area contributed by atoms with E-state index in [0.29, 0.717) is 0 Å². The van der Waals surface area contributed by atoms with Crippen molar-refractivity contribution in [2.45, 2.75) is 13.8 Å². The van der Waals surface area contributed by atoms with Crippen LogP contribution in [0, 0.1) is 0 Å². The lowest BCUT2D eigenvalue weighted by Gasteiger charge is -1.96. The van der Waals surface area contributed by atoms with E-state index in [9.17, 15) is 13.3 Å². The summed E-state index contributed by atoms with van der Waals surface area (Å²) in [5.74, 6) is 0. The normalized spacial score (nSPS) is 14.8. The zero-order valence-electron chi connectivity index (χ0n) is 5.73. The number of rotatable bonds is 2. The first-order chi connectivity index (χ1) is 4.39. The van der Waals surface area contributed by atoms with Crippen molar-refractivity contribution < 1.29 is 17.9 Å². The summed E-state index contributed by atoms with van der Waals surface area (Å²) in [6, 6.07) is 0. The third-order valence-corrected chi connectivity index (χ3v) is 4.34. The van der Waals surface area contributed by atoms with E-state index in [0.717, 1.165) is 6.92 Å². The molecule has 0 heterocycles. The van der Waals surface area contributed by atoms with Crippen LogP contribution in [0.4, 0.5) is 0 Å². The van der Waals surface area contributed by atoms with Gasteiger partial charge in [0.1, 0.15) is 6.16 Å². The van der Waals surface area contributed by atoms with E-state index in [-0.39, 0.29) is 10.8 Å². The van der Waals surface area contributed by atoms with Crippen LogP contribution in [-0.4, -0.2) is 23.8 Å². The maximum Gasteiger partial charge on any atom is 0.329 e. The second kappa shape index (κ2) is 3.44. The molecule has 1 atom stereocenters. The van der Waals surface area contributed by atoms with Gasteiger partial charge < -0.3 is 4.89 Å². The summed E-state index contributed by atoms with van der Waals surface area (Å²) >= 11 is 0. The van der Waals surface area contributed by atoms with E-state index >= 15 is 0 Å². The smallest absolute Gasteiger partial charge is 0.329 e. The topological polar surface area (TPSA) is 77.4 Å². The van der Waals surface area contributed by atoms with Crippen molar-refractivity contribution in [3.63, 3.8) is 0 Å². The molecule has 0 spiro atoms. The fraction of sp³-hybridized carbons (Fsp3) is 0.750. The van der Waals surface area contributed by atoms with E-state index in [1.54, 1.807) is 6.92 Å². The van der Waals surface area contributed by atoms with Crippen molar-refractivity contribution in [3.8, 4) is 0 Å². The highest BCUT2D eigenvalue weighted by atomic mass is 32.2. The third kappa shape index (κ3) is 2.75. The predicted octanol–water partition coefficient (Wildman–Crippen LogP) is -0.199. The van der Waals surface area contributed by atoms with Crippen LogP contribution in [0.5, 0.6) is 0 Å². The maximum atomic E-state index is 10.7. The van der Waals surface area contributed by atoms with Gasteiger partial charge in [-0.05, 0) is 6.92 Å². The molecule has 0 saturated heterocycles. The Morgan fingerprint density at radius 2 is 2.10 bits per heavy atom. The Morgan fingerprint density at radius 1 is 1.70 bits per heavy atom. The van der Waals surface area contributed by atoms with Gasteiger partial charge in [0, 0.05) is 6.92 Å². The monoisotopic (exact) mass is 184 g/mol. The van der Waals surface area contributed by atoms with E-state index < -0.39 is 17.9 Å². The minimum atomic E-state index is -4.18. The summed E-state index contributed by atoms with van der Waals surface area (Å²) in [6.45, 7) is 2.74. The first kappa shape index (κ1) is 10.0. The summed E-state index contributed by atoms with van der Waals surface area (Å²) in [5.41, 5.74) is 0. The molecule has 0 aliphatic carbocycles. The van der Waals surface area contributed by atoms with E-state index in [4.69, 9.17) is 4.55 Å². The predicted molar refractivity (Wildman–Crippen MR) is 39.7 cm³/mol. The molecule has 0 bridgehead atoms. The first-order valence-electron chi connectivity index (χ1n) is 2.65. The van der Waals surface area contributed by atoms with Gasteiger partial charge in [-0.25, -0.2) is 0 Å². The maximum absolute atomic E-state index is 10.7. The highest BCUT2D eigenvalue weighted by Crippen LogP contribution is 2.14. The van der Waals surface area contributed by atoms with Crippen molar-refractivity contribution in [1.82, 2.24) is 0 Å². The van der Waals surface area contributed by atoms with Gasteiger partial charge in [-0.3, -0.25) is 4.55 Å².